The van der Waals surface area contributed by atoms with Gasteiger partial charge in [0.05, 0.1) is 11.2 Å². The highest BCUT2D eigenvalue weighted by Gasteiger charge is 2.20. The van der Waals surface area contributed by atoms with Gasteiger partial charge >= 0.3 is 0 Å². The Labute approximate surface area is 132 Å². The highest BCUT2D eigenvalue weighted by molar-refractivity contribution is 7.92. The Kier molecular flexibility index (Phi) is 3.44. The quantitative estimate of drug-likeness (QED) is 0.668. The van der Waals surface area contributed by atoms with Crippen LogP contribution in [0, 0.1) is 20.8 Å². The van der Waals surface area contributed by atoms with Crippen molar-refractivity contribution in [2.24, 2.45) is 0 Å². The molecule has 0 aliphatic carbocycles. The molecular weight excluding hydrogens is 318 g/mol. The summed E-state index contributed by atoms with van der Waals surface area (Å²) in [6.07, 6.45) is 1.32. The Bertz CT molecular complexity index is 1070. The number of aromatic amines is 2. The minimum Gasteiger partial charge on any atom is -0.339 e. The molecule has 0 atom stereocenters. The summed E-state index contributed by atoms with van der Waals surface area (Å²) in [6, 6.07) is 3.40. The number of anilines is 1. The largest absolute Gasteiger partial charge is 0.339 e. The van der Waals surface area contributed by atoms with Crippen molar-refractivity contribution in [1.29, 1.82) is 0 Å². The van der Waals surface area contributed by atoms with Crippen molar-refractivity contribution < 1.29 is 8.42 Å². The third kappa shape index (κ3) is 2.70. The van der Waals surface area contributed by atoms with Crippen molar-refractivity contribution in [1.82, 2.24) is 19.9 Å². The number of H-pyrrole nitrogens is 2. The third-order valence-corrected chi connectivity index (χ3v) is 5.09. The first-order chi connectivity index (χ1) is 10.8. The van der Waals surface area contributed by atoms with Gasteiger partial charge in [0.1, 0.15) is 0 Å². The summed E-state index contributed by atoms with van der Waals surface area (Å²) in [7, 11) is -3.87. The van der Waals surface area contributed by atoms with Gasteiger partial charge in [-0.05, 0) is 43.5 Å². The van der Waals surface area contributed by atoms with Crippen LogP contribution in [0.25, 0.3) is 11.2 Å². The summed E-state index contributed by atoms with van der Waals surface area (Å²) in [4.78, 5) is 24.9. The predicted molar refractivity (Wildman–Crippen MR) is 86.0 cm³/mol. The maximum absolute atomic E-state index is 12.6. The summed E-state index contributed by atoms with van der Waals surface area (Å²) >= 11 is 0. The molecule has 0 amide bonds. The van der Waals surface area contributed by atoms with Crippen molar-refractivity contribution >= 4 is 27.1 Å². The van der Waals surface area contributed by atoms with Gasteiger partial charge in [0.15, 0.2) is 11.2 Å². The number of sulfonamides is 1. The molecule has 0 aliphatic heterocycles. The number of aromatic nitrogens is 4. The van der Waals surface area contributed by atoms with E-state index in [1.165, 1.54) is 6.33 Å². The molecule has 2 heterocycles. The third-order valence-electron chi connectivity index (χ3n) is 3.61. The molecule has 0 radical (unpaired) electrons. The lowest BCUT2D eigenvalue weighted by molar-refractivity contribution is 0.600. The highest BCUT2D eigenvalue weighted by atomic mass is 32.2. The predicted octanol–water partition coefficient (Wildman–Crippen LogP) is 1.37. The maximum Gasteiger partial charge on any atom is 0.278 e. The molecule has 2 aromatic heterocycles. The molecule has 0 aliphatic rings. The van der Waals surface area contributed by atoms with Gasteiger partial charge < -0.3 is 4.98 Å². The summed E-state index contributed by atoms with van der Waals surface area (Å²) in [5, 5.41) is 0. The summed E-state index contributed by atoms with van der Waals surface area (Å²) < 4.78 is 27.4. The van der Waals surface area contributed by atoms with Crippen LogP contribution in [0.15, 0.2) is 28.2 Å². The zero-order valence-electron chi connectivity index (χ0n) is 12.8. The molecule has 3 rings (SSSR count). The zero-order chi connectivity index (χ0) is 16.8. The zero-order valence-corrected chi connectivity index (χ0v) is 13.6. The standard InChI is InChI=1S/C14H15N5O3S/c1-7-4-9(3)10(5-8(7)2)23(21,22)19-14-17-12-11(13(20)18-14)15-6-16-12/h4-6H,1-3H3,(H3,15,16,17,18,19,20). The van der Waals surface area contributed by atoms with Crippen LogP contribution in [-0.2, 0) is 10.0 Å². The molecular formula is C14H15N5O3S. The molecule has 0 bridgehead atoms. The van der Waals surface area contributed by atoms with Gasteiger partial charge in [0.2, 0.25) is 5.95 Å². The van der Waals surface area contributed by atoms with Crippen LogP contribution in [0.5, 0.6) is 0 Å². The van der Waals surface area contributed by atoms with Gasteiger partial charge in [-0.2, -0.15) is 4.98 Å². The van der Waals surface area contributed by atoms with Gasteiger partial charge in [-0.3, -0.25) is 9.78 Å². The van der Waals surface area contributed by atoms with Gasteiger partial charge in [-0.1, -0.05) is 6.07 Å². The van der Waals surface area contributed by atoms with E-state index in [4.69, 9.17) is 0 Å². The molecule has 3 aromatic rings. The van der Waals surface area contributed by atoms with E-state index in [2.05, 4.69) is 24.7 Å². The van der Waals surface area contributed by atoms with Crippen LogP contribution in [0.3, 0.4) is 0 Å². The summed E-state index contributed by atoms with van der Waals surface area (Å²) in [5.74, 6) is -0.174. The molecule has 3 N–H and O–H groups in total. The van der Waals surface area contributed by atoms with Gasteiger partial charge in [-0.15, -0.1) is 0 Å². The highest BCUT2D eigenvalue weighted by Crippen LogP contribution is 2.21. The topological polar surface area (TPSA) is 121 Å². The lowest BCUT2D eigenvalue weighted by atomic mass is 10.1. The lowest BCUT2D eigenvalue weighted by Crippen LogP contribution is -2.20. The minimum atomic E-state index is -3.87. The number of nitrogens with one attached hydrogen (secondary N) is 3. The van der Waals surface area contributed by atoms with E-state index >= 15 is 0 Å². The SMILES string of the molecule is Cc1cc(C)c(S(=O)(=O)Nc2nc3nc[nH]c3c(=O)[nH]2)cc1C. The molecule has 0 saturated heterocycles. The molecule has 9 heteroatoms. The van der Waals surface area contributed by atoms with Crippen LogP contribution < -0.4 is 10.3 Å². The number of fused-ring (bicyclic) bond motifs is 1. The van der Waals surface area contributed by atoms with Crippen LogP contribution >= 0.6 is 0 Å². The first-order valence-electron chi connectivity index (χ1n) is 6.82. The Morgan fingerprint density at radius 2 is 1.78 bits per heavy atom. The van der Waals surface area contributed by atoms with E-state index in [0.717, 1.165) is 11.1 Å². The van der Waals surface area contributed by atoms with Crippen molar-refractivity contribution in [3.63, 3.8) is 0 Å². The van der Waals surface area contributed by atoms with Gasteiger partial charge in [0.25, 0.3) is 15.6 Å². The smallest absolute Gasteiger partial charge is 0.278 e. The molecule has 8 nitrogen and oxygen atoms in total. The number of imidazole rings is 1. The molecule has 23 heavy (non-hydrogen) atoms. The second-order valence-corrected chi connectivity index (χ2v) is 6.97. The van der Waals surface area contributed by atoms with Crippen molar-refractivity contribution in [3.8, 4) is 0 Å². The lowest BCUT2D eigenvalue weighted by Gasteiger charge is -2.11. The van der Waals surface area contributed by atoms with E-state index in [1.807, 2.05) is 13.8 Å². The van der Waals surface area contributed by atoms with E-state index in [9.17, 15) is 13.2 Å². The fourth-order valence-corrected chi connectivity index (χ4v) is 3.57. The van der Waals surface area contributed by atoms with E-state index in [-0.39, 0.29) is 22.0 Å². The molecule has 0 spiro atoms. The van der Waals surface area contributed by atoms with E-state index in [1.54, 1.807) is 19.1 Å². The number of hydrogen-bond donors (Lipinski definition) is 3. The van der Waals surface area contributed by atoms with Gasteiger partial charge in [0, 0.05) is 0 Å². The summed E-state index contributed by atoms with van der Waals surface area (Å²) in [5.41, 5.74) is 2.32. The number of rotatable bonds is 3. The average molecular weight is 333 g/mol. The van der Waals surface area contributed by atoms with Gasteiger partial charge in [-0.25, -0.2) is 18.1 Å². The number of benzene rings is 1. The van der Waals surface area contributed by atoms with Crippen LogP contribution in [0.4, 0.5) is 5.95 Å². The van der Waals surface area contributed by atoms with Crippen LogP contribution in [-0.4, -0.2) is 28.4 Å². The van der Waals surface area contributed by atoms with E-state index < -0.39 is 15.6 Å². The van der Waals surface area contributed by atoms with Crippen molar-refractivity contribution in [2.75, 3.05) is 4.72 Å². The van der Waals surface area contributed by atoms with Crippen LogP contribution in [0.2, 0.25) is 0 Å². The maximum atomic E-state index is 12.6. The fraction of sp³-hybridized carbons (Fsp3) is 0.214. The van der Waals surface area contributed by atoms with E-state index in [0.29, 0.717) is 5.56 Å². The fourth-order valence-electron chi connectivity index (χ4n) is 2.30. The first-order valence-corrected chi connectivity index (χ1v) is 8.30. The van der Waals surface area contributed by atoms with Crippen molar-refractivity contribution in [2.45, 2.75) is 25.7 Å². The molecule has 0 saturated carbocycles. The summed E-state index contributed by atoms with van der Waals surface area (Å²) in [6.45, 7) is 5.47. The molecule has 0 unspecified atom stereocenters. The Morgan fingerprint density at radius 3 is 2.52 bits per heavy atom. The normalized spacial score (nSPS) is 11.8. The monoisotopic (exact) mass is 333 g/mol. The number of nitrogens with zero attached hydrogens (tertiary/aromatic N) is 2. The molecule has 1 aromatic carbocycles. The Balaban J connectivity index is 2.06. The van der Waals surface area contributed by atoms with Crippen molar-refractivity contribution in [3.05, 3.63) is 45.5 Å². The minimum absolute atomic E-state index is 0.142. The Morgan fingerprint density at radius 1 is 1.09 bits per heavy atom. The first kappa shape index (κ1) is 15.2. The molecule has 120 valence electrons. The number of aryl methyl sites for hydroxylation is 3. The average Bonchev–Trinajstić information content (AvgIpc) is 2.91. The second kappa shape index (κ2) is 5.20. The second-order valence-electron chi connectivity index (χ2n) is 5.32. The Hall–Kier alpha value is -2.68. The van der Waals surface area contributed by atoms with Crippen LogP contribution in [0.1, 0.15) is 16.7 Å². The number of hydrogen-bond acceptors (Lipinski definition) is 5. The molecule has 0 fully saturated rings.